The monoisotopic (exact) mass is 358 g/mol. The predicted molar refractivity (Wildman–Crippen MR) is 109 cm³/mol. The summed E-state index contributed by atoms with van der Waals surface area (Å²) in [5, 5.41) is 9.99. The molecule has 1 aliphatic carbocycles. The highest BCUT2D eigenvalue weighted by molar-refractivity contribution is 5.86. The molecule has 0 saturated carbocycles. The molecule has 27 heavy (non-hydrogen) atoms. The smallest absolute Gasteiger partial charge is 0.157 e. The highest BCUT2D eigenvalue weighted by Gasteiger charge is 2.30. The molecule has 5 rings (SSSR count). The van der Waals surface area contributed by atoms with Crippen molar-refractivity contribution in [3.05, 3.63) is 41.0 Å². The molecule has 138 valence electrons. The number of pyridine rings is 1. The van der Waals surface area contributed by atoms with Crippen molar-refractivity contribution in [1.82, 2.24) is 9.38 Å². The van der Waals surface area contributed by atoms with E-state index >= 15 is 0 Å². The summed E-state index contributed by atoms with van der Waals surface area (Å²) in [4.78, 5) is 7.49. The van der Waals surface area contributed by atoms with Crippen molar-refractivity contribution in [3.8, 4) is 6.07 Å². The zero-order chi connectivity index (χ0) is 18.5. The van der Waals surface area contributed by atoms with E-state index in [4.69, 9.17) is 4.98 Å². The number of hydrogen-bond acceptors (Lipinski definition) is 3. The minimum Gasteiger partial charge on any atom is -0.357 e. The number of nitrogens with zero attached hydrogens (tertiary/aromatic N) is 4. The maximum Gasteiger partial charge on any atom is 0.157 e. The standard InChI is InChI=1S/C23H26N4/c1-15-11-16(2)14-26(13-15)23-18-8-4-3-7-17(18)19(12-24)22-25-20-9-5-6-10-21(20)27(22)23/h5-6,9-10,15-16H,3-4,7-8,11,13-14H2,1-2H3. The minimum atomic E-state index is 0.688. The number of rotatable bonds is 1. The average Bonchev–Trinajstić information content (AvgIpc) is 3.04. The molecular weight excluding hydrogens is 332 g/mol. The lowest BCUT2D eigenvalue weighted by Gasteiger charge is -2.39. The molecule has 2 aliphatic rings. The Bertz CT molecular complexity index is 1060. The van der Waals surface area contributed by atoms with Gasteiger partial charge in [0.1, 0.15) is 11.9 Å². The molecule has 0 amide bonds. The first kappa shape index (κ1) is 16.6. The van der Waals surface area contributed by atoms with E-state index in [1.165, 1.54) is 36.2 Å². The summed E-state index contributed by atoms with van der Waals surface area (Å²) in [7, 11) is 0. The average molecular weight is 358 g/mol. The van der Waals surface area contributed by atoms with Crippen LogP contribution in [-0.2, 0) is 12.8 Å². The lowest BCUT2D eigenvalue weighted by atomic mass is 9.87. The summed E-state index contributed by atoms with van der Waals surface area (Å²) in [6, 6.07) is 10.8. The second kappa shape index (κ2) is 6.27. The third-order valence-electron chi connectivity index (χ3n) is 6.32. The molecule has 3 heterocycles. The highest BCUT2D eigenvalue weighted by Crippen LogP contribution is 2.39. The van der Waals surface area contributed by atoms with Gasteiger partial charge in [0.2, 0.25) is 0 Å². The number of para-hydroxylation sites is 2. The molecule has 2 atom stereocenters. The first-order valence-electron chi connectivity index (χ1n) is 10.3. The van der Waals surface area contributed by atoms with Crippen molar-refractivity contribution in [3.63, 3.8) is 0 Å². The number of hydrogen-bond donors (Lipinski definition) is 0. The van der Waals surface area contributed by atoms with E-state index in [0.717, 1.165) is 48.2 Å². The van der Waals surface area contributed by atoms with Crippen LogP contribution in [0.3, 0.4) is 0 Å². The van der Waals surface area contributed by atoms with Gasteiger partial charge in [-0.2, -0.15) is 5.26 Å². The number of anilines is 1. The van der Waals surface area contributed by atoms with Gasteiger partial charge in [-0.05, 0) is 67.2 Å². The van der Waals surface area contributed by atoms with Gasteiger partial charge < -0.3 is 4.90 Å². The van der Waals surface area contributed by atoms with Crippen molar-refractivity contribution >= 4 is 22.5 Å². The second-order valence-corrected chi connectivity index (χ2v) is 8.59. The van der Waals surface area contributed by atoms with Gasteiger partial charge in [-0.1, -0.05) is 26.0 Å². The van der Waals surface area contributed by atoms with E-state index in [1.54, 1.807) is 0 Å². The van der Waals surface area contributed by atoms with Crippen molar-refractivity contribution in [2.24, 2.45) is 11.8 Å². The second-order valence-electron chi connectivity index (χ2n) is 8.59. The van der Waals surface area contributed by atoms with Crippen molar-refractivity contribution in [2.45, 2.75) is 46.0 Å². The van der Waals surface area contributed by atoms with Crippen LogP contribution in [0.2, 0.25) is 0 Å². The molecular formula is C23H26N4. The normalized spacial score (nSPS) is 22.8. The highest BCUT2D eigenvalue weighted by atomic mass is 15.2. The van der Waals surface area contributed by atoms with E-state index in [1.807, 2.05) is 6.07 Å². The minimum absolute atomic E-state index is 0.688. The van der Waals surface area contributed by atoms with Crippen LogP contribution in [0.1, 0.15) is 49.8 Å². The summed E-state index contributed by atoms with van der Waals surface area (Å²) in [5.41, 5.74) is 6.40. The Morgan fingerprint density at radius 3 is 2.48 bits per heavy atom. The third kappa shape index (κ3) is 2.52. The van der Waals surface area contributed by atoms with Gasteiger partial charge in [-0.15, -0.1) is 0 Å². The predicted octanol–water partition coefficient (Wildman–Crippen LogP) is 4.72. The number of imidazole rings is 1. The van der Waals surface area contributed by atoms with Crippen LogP contribution in [0, 0.1) is 23.2 Å². The van der Waals surface area contributed by atoms with Gasteiger partial charge in [0, 0.05) is 13.1 Å². The Morgan fingerprint density at radius 2 is 1.74 bits per heavy atom. The van der Waals surface area contributed by atoms with Gasteiger partial charge in [-0.25, -0.2) is 4.98 Å². The van der Waals surface area contributed by atoms with Crippen LogP contribution in [0.15, 0.2) is 24.3 Å². The maximum atomic E-state index is 9.99. The lowest BCUT2D eigenvalue weighted by molar-refractivity contribution is 0.354. The molecule has 1 aliphatic heterocycles. The van der Waals surface area contributed by atoms with E-state index in [2.05, 4.69) is 47.4 Å². The fourth-order valence-corrected chi connectivity index (χ4v) is 5.39. The largest absolute Gasteiger partial charge is 0.357 e. The topological polar surface area (TPSA) is 44.3 Å². The molecule has 0 radical (unpaired) electrons. The van der Waals surface area contributed by atoms with E-state index in [0.29, 0.717) is 11.8 Å². The molecule has 4 heteroatoms. The van der Waals surface area contributed by atoms with Gasteiger partial charge in [0.25, 0.3) is 0 Å². The zero-order valence-corrected chi connectivity index (χ0v) is 16.2. The molecule has 1 saturated heterocycles. The number of benzene rings is 1. The SMILES string of the molecule is CC1CC(C)CN(c2c3c(c(C#N)c4nc5ccccc5n24)CCCC3)C1. The molecule has 1 aromatic carbocycles. The van der Waals surface area contributed by atoms with Crippen molar-refractivity contribution in [1.29, 1.82) is 5.26 Å². The molecule has 4 nitrogen and oxygen atoms in total. The third-order valence-corrected chi connectivity index (χ3v) is 6.32. The molecule has 0 N–H and O–H groups in total. The zero-order valence-electron chi connectivity index (χ0n) is 16.2. The Hall–Kier alpha value is -2.54. The Labute approximate surface area is 160 Å². The van der Waals surface area contributed by atoms with Crippen LogP contribution in [0.4, 0.5) is 5.82 Å². The molecule has 3 aromatic rings. The van der Waals surface area contributed by atoms with Crippen molar-refractivity contribution < 1.29 is 0 Å². The first-order valence-corrected chi connectivity index (χ1v) is 10.3. The van der Waals surface area contributed by atoms with Crippen LogP contribution in [0.5, 0.6) is 0 Å². The summed E-state index contributed by atoms with van der Waals surface area (Å²) >= 11 is 0. The van der Waals surface area contributed by atoms with Crippen LogP contribution in [0.25, 0.3) is 16.7 Å². The van der Waals surface area contributed by atoms with Crippen LogP contribution >= 0.6 is 0 Å². The first-order chi connectivity index (χ1) is 13.2. The van der Waals surface area contributed by atoms with Gasteiger partial charge in [-0.3, -0.25) is 4.40 Å². The van der Waals surface area contributed by atoms with Crippen LogP contribution < -0.4 is 4.90 Å². The van der Waals surface area contributed by atoms with Crippen molar-refractivity contribution in [2.75, 3.05) is 18.0 Å². The Morgan fingerprint density at radius 1 is 1.04 bits per heavy atom. The maximum absolute atomic E-state index is 9.99. The fourth-order valence-electron chi connectivity index (χ4n) is 5.39. The molecule has 2 aromatic heterocycles. The summed E-state index contributed by atoms with van der Waals surface area (Å²) in [5.74, 6) is 2.69. The lowest BCUT2D eigenvalue weighted by Crippen LogP contribution is -2.40. The van der Waals surface area contributed by atoms with E-state index in [9.17, 15) is 5.26 Å². The van der Waals surface area contributed by atoms with Gasteiger partial charge >= 0.3 is 0 Å². The summed E-state index contributed by atoms with van der Waals surface area (Å²) in [6.45, 7) is 6.90. The van der Waals surface area contributed by atoms with Gasteiger partial charge in [0.15, 0.2) is 5.65 Å². The number of aromatic nitrogens is 2. The number of fused-ring (bicyclic) bond motifs is 4. The fraction of sp³-hybridized carbons (Fsp3) is 0.478. The summed E-state index contributed by atoms with van der Waals surface area (Å²) in [6.07, 6.45) is 5.75. The van der Waals surface area contributed by atoms with E-state index < -0.39 is 0 Å². The molecule has 0 bridgehead atoms. The Kier molecular flexibility index (Phi) is 3.86. The van der Waals surface area contributed by atoms with E-state index in [-0.39, 0.29) is 0 Å². The quantitative estimate of drug-likeness (QED) is 0.632. The number of piperidine rings is 1. The molecule has 0 spiro atoms. The molecule has 1 fully saturated rings. The number of nitriles is 1. The molecule has 2 unspecified atom stereocenters. The van der Waals surface area contributed by atoms with Crippen LogP contribution in [-0.4, -0.2) is 22.5 Å². The summed E-state index contributed by atoms with van der Waals surface area (Å²) < 4.78 is 2.29. The Balaban J connectivity index is 1.89. The van der Waals surface area contributed by atoms with Gasteiger partial charge in [0.05, 0.1) is 16.6 Å².